The van der Waals surface area contributed by atoms with E-state index in [1.807, 2.05) is 31.0 Å². The quantitative estimate of drug-likeness (QED) is 0.781. The van der Waals surface area contributed by atoms with E-state index in [0.29, 0.717) is 11.6 Å². The lowest BCUT2D eigenvalue weighted by atomic mass is 10.0. The molecular formula is C17H25Cl2N3O3. The minimum atomic E-state index is -0.809. The van der Waals surface area contributed by atoms with Gasteiger partial charge in [0.15, 0.2) is 0 Å². The number of halogens is 2. The number of carbonyl (C=O) groups is 2. The predicted molar refractivity (Wildman–Crippen MR) is 102 cm³/mol. The number of carboxylic acids is 1. The number of aliphatic carboxylic acids is 1. The zero-order valence-electron chi connectivity index (χ0n) is 14.5. The van der Waals surface area contributed by atoms with Gasteiger partial charge in [-0.25, -0.2) is 0 Å². The first-order valence-electron chi connectivity index (χ1n) is 8.06. The molecule has 0 unspecified atom stereocenters. The lowest BCUT2D eigenvalue weighted by Gasteiger charge is -2.35. The summed E-state index contributed by atoms with van der Waals surface area (Å²) in [6, 6.07) is 5.71. The van der Waals surface area contributed by atoms with Crippen LogP contribution in [0.1, 0.15) is 18.4 Å². The Morgan fingerprint density at radius 1 is 1.36 bits per heavy atom. The molecule has 25 heavy (non-hydrogen) atoms. The van der Waals surface area contributed by atoms with Crippen LogP contribution in [-0.2, 0) is 9.59 Å². The van der Waals surface area contributed by atoms with Crippen molar-refractivity contribution in [3.05, 3.63) is 28.8 Å². The van der Waals surface area contributed by atoms with Crippen molar-refractivity contribution in [1.29, 1.82) is 0 Å². The van der Waals surface area contributed by atoms with Crippen molar-refractivity contribution in [3.63, 3.8) is 0 Å². The summed E-state index contributed by atoms with van der Waals surface area (Å²) in [5.41, 5.74) is 1.60. The number of piperidine rings is 1. The number of likely N-dealkylation sites (tertiary alicyclic amines) is 1. The number of nitrogens with zero attached hydrogens (tertiary/aromatic N) is 2. The molecule has 1 amide bonds. The van der Waals surface area contributed by atoms with Gasteiger partial charge in [0.1, 0.15) is 0 Å². The SMILES string of the molecule is Cc1c(Cl)cccc1NC(=O)CN1CCC(N(C)CC(=O)O)CC1.Cl. The van der Waals surface area contributed by atoms with E-state index in [-0.39, 0.29) is 30.9 Å². The zero-order valence-corrected chi connectivity index (χ0v) is 16.1. The first-order valence-corrected chi connectivity index (χ1v) is 8.44. The normalized spacial score (nSPS) is 15.7. The highest BCUT2D eigenvalue weighted by molar-refractivity contribution is 6.31. The molecule has 2 N–H and O–H groups in total. The summed E-state index contributed by atoms with van der Waals surface area (Å²) in [5, 5.41) is 12.4. The number of carboxylic acid groups (broad SMARTS) is 1. The van der Waals surface area contributed by atoms with E-state index in [1.165, 1.54) is 0 Å². The Balaban J connectivity index is 0.00000312. The maximum Gasteiger partial charge on any atom is 0.317 e. The van der Waals surface area contributed by atoms with Crippen LogP contribution in [0.25, 0.3) is 0 Å². The van der Waals surface area contributed by atoms with Crippen LogP contribution in [0.3, 0.4) is 0 Å². The molecule has 0 aliphatic carbocycles. The van der Waals surface area contributed by atoms with E-state index < -0.39 is 5.97 Å². The van der Waals surface area contributed by atoms with Crippen molar-refractivity contribution in [1.82, 2.24) is 9.80 Å². The molecule has 1 aromatic rings. The van der Waals surface area contributed by atoms with Crippen molar-refractivity contribution in [3.8, 4) is 0 Å². The van der Waals surface area contributed by atoms with Gasteiger partial charge in [0.2, 0.25) is 5.91 Å². The third-order valence-corrected chi connectivity index (χ3v) is 4.88. The van der Waals surface area contributed by atoms with E-state index >= 15 is 0 Å². The van der Waals surface area contributed by atoms with Gasteiger partial charge in [-0.15, -0.1) is 12.4 Å². The van der Waals surface area contributed by atoms with E-state index in [0.717, 1.165) is 37.2 Å². The van der Waals surface area contributed by atoms with Crippen LogP contribution in [0.4, 0.5) is 5.69 Å². The van der Waals surface area contributed by atoms with Crippen molar-refractivity contribution in [2.75, 3.05) is 38.5 Å². The van der Waals surface area contributed by atoms with Gasteiger partial charge in [0, 0.05) is 29.8 Å². The van der Waals surface area contributed by atoms with Gasteiger partial charge in [-0.2, -0.15) is 0 Å². The van der Waals surface area contributed by atoms with Crippen molar-refractivity contribution in [2.24, 2.45) is 0 Å². The average molecular weight is 390 g/mol. The summed E-state index contributed by atoms with van der Waals surface area (Å²) >= 11 is 6.06. The number of anilines is 1. The van der Waals surface area contributed by atoms with Gasteiger partial charge in [-0.05, 0) is 44.5 Å². The van der Waals surface area contributed by atoms with Crippen LogP contribution in [0.15, 0.2) is 18.2 Å². The van der Waals surface area contributed by atoms with Crippen LogP contribution in [0.5, 0.6) is 0 Å². The summed E-state index contributed by atoms with van der Waals surface area (Å²) in [6.07, 6.45) is 1.74. The Bertz CT molecular complexity index is 605. The van der Waals surface area contributed by atoms with E-state index in [4.69, 9.17) is 16.7 Å². The number of carbonyl (C=O) groups excluding carboxylic acids is 1. The minimum absolute atomic E-state index is 0. The fourth-order valence-electron chi connectivity index (χ4n) is 3.00. The molecule has 1 aliphatic heterocycles. The lowest BCUT2D eigenvalue weighted by molar-refractivity contribution is -0.138. The smallest absolute Gasteiger partial charge is 0.317 e. The van der Waals surface area contributed by atoms with Crippen molar-refractivity contribution < 1.29 is 14.7 Å². The first-order chi connectivity index (χ1) is 11.4. The molecule has 0 saturated carbocycles. The zero-order chi connectivity index (χ0) is 17.7. The third-order valence-electron chi connectivity index (χ3n) is 4.47. The molecule has 1 saturated heterocycles. The maximum atomic E-state index is 12.2. The first kappa shape index (κ1) is 21.7. The number of nitrogens with one attached hydrogen (secondary N) is 1. The van der Waals surface area contributed by atoms with Crippen LogP contribution in [0, 0.1) is 6.92 Å². The van der Waals surface area contributed by atoms with Crippen LogP contribution < -0.4 is 5.32 Å². The molecule has 6 nitrogen and oxygen atoms in total. The predicted octanol–water partition coefficient (Wildman–Crippen LogP) is 2.49. The monoisotopic (exact) mass is 389 g/mol. The maximum absolute atomic E-state index is 12.2. The number of likely N-dealkylation sites (N-methyl/N-ethyl adjacent to an activating group) is 1. The molecule has 8 heteroatoms. The molecular weight excluding hydrogens is 365 g/mol. The second-order valence-corrected chi connectivity index (χ2v) is 6.68. The largest absolute Gasteiger partial charge is 0.480 e. The fourth-order valence-corrected chi connectivity index (χ4v) is 3.17. The molecule has 0 bridgehead atoms. The standard InChI is InChI=1S/C17H24ClN3O3.ClH/c1-12-14(18)4-3-5-15(12)19-16(22)10-21-8-6-13(7-9-21)20(2)11-17(23)24;/h3-5,13H,6-11H2,1-2H3,(H,19,22)(H,23,24);1H. The molecule has 2 rings (SSSR count). The van der Waals surface area contributed by atoms with Crippen LogP contribution in [-0.4, -0.2) is 66.1 Å². The average Bonchev–Trinajstić information content (AvgIpc) is 2.52. The van der Waals surface area contributed by atoms with Gasteiger partial charge in [0.25, 0.3) is 0 Å². The number of hydrogen-bond donors (Lipinski definition) is 2. The number of amides is 1. The summed E-state index contributed by atoms with van der Waals surface area (Å²) in [7, 11) is 1.84. The van der Waals surface area contributed by atoms with Crippen LogP contribution >= 0.6 is 24.0 Å². The van der Waals surface area contributed by atoms with Crippen LogP contribution in [0.2, 0.25) is 5.02 Å². The summed E-state index contributed by atoms with van der Waals surface area (Å²) < 4.78 is 0. The highest BCUT2D eigenvalue weighted by Gasteiger charge is 2.24. The second kappa shape index (κ2) is 9.97. The molecule has 0 atom stereocenters. The van der Waals surface area contributed by atoms with Crippen molar-refractivity contribution in [2.45, 2.75) is 25.8 Å². The molecule has 0 spiro atoms. The Hall–Kier alpha value is -1.34. The van der Waals surface area contributed by atoms with Gasteiger partial charge < -0.3 is 10.4 Å². The molecule has 1 heterocycles. The van der Waals surface area contributed by atoms with Gasteiger partial charge in [-0.3, -0.25) is 19.4 Å². The lowest BCUT2D eigenvalue weighted by Crippen LogP contribution is -2.46. The van der Waals surface area contributed by atoms with Crippen molar-refractivity contribution >= 4 is 41.6 Å². The number of benzene rings is 1. The molecule has 1 fully saturated rings. The van der Waals surface area contributed by atoms with Gasteiger partial charge in [0.05, 0.1) is 13.1 Å². The number of hydrogen-bond acceptors (Lipinski definition) is 4. The Labute approximate surface area is 159 Å². The molecule has 1 aliphatic rings. The molecule has 140 valence electrons. The highest BCUT2D eigenvalue weighted by atomic mass is 35.5. The Morgan fingerprint density at radius 2 is 2.00 bits per heavy atom. The van der Waals surface area contributed by atoms with Gasteiger partial charge >= 0.3 is 5.97 Å². The van der Waals surface area contributed by atoms with E-state index in [9.17, 15) is 9.59 Å². The van der Waals surface area contributed by atoms with Gasteiger partial charge in [-0.1, -0.05) is 17.7 Å². The molecule has 0 radical (unpaired) electrons. The van der Waals surface area contributed by atoms with E-state index in [1.54, 1.807) is 6.07 Å². The Kier molecular flexibility index (Phi) is 8.65. The second-order valence-electron chi connectivity index (χ2n) is 6.28. The minimum Gasteiger partial charge on any atom is -0.480 e. The fraction of sp³-hybridized carbons (Fsp3) is 0.529. The molecule has 0 aromatic heterocycles. The summed E-state index contributed by atoms with van der Waals surface area (Å²) in [6.45, 7) is 3.84. The number of rotatable bonds is 6. The highest BCUT2D eigenvalue weighted by Crippen LogP contribution is 2.23. The summed E-state index contributed by atoms with van der Waals surface area (Å²) in [5.74, 6) is -0.867. The van der Waals surface area contributed by atoms with E-state index in [2.05, 4.69) is 10.2 Å². The summed E-state index contributed by atoms with van der Waals surface area (Å²) in [4.78, 5) is 27.0. The third kappa shape index (κ3) is 6.47. The molecule has 1 aromatic carbocycles. The Morgan fingerprint density at radius 3 is 2.60 bits per heavy atom. The topological polar surface area (TPSA) is 72.9 Å².